The average Bonchev–Trinajstić information content (AvgIpc) is 2.48. The van der Waals surface area contributed by atoms with Crippen molar-refractivity contribution in [3.63, 3.8) is 0 Å². The van der Waals surface area contributed by atoms with Crippen LogP contribution in [0.15, 0.2) is 30.3 Å². The van der Waals surface area contributed by atoms with Gasteiger partial charge in [0.2, 0.25) is 0 Å². The molecule has 0 aromatic heterocycles. The summed E-state index contributed by atoms with van der Waals surface area (Å²) in [4.78, 5) is 24.9. The average molecular weight is 291 g/mol. The van der Waals surface area contributed by atoms with E-state index in [9.17, 15) is 14.7 Å². The second-order valence-corrected chi connectivity index (χ2v) is 5.68. The lowest BCUT2D eigenvalue weighted by Crippen LogP contribution is -2.51. The smallest absolute Gasteiger partial charge is 0.410 e. The molecule has 3 unspecified atom stereocenters. The zero-order valence-electron chi connectivity index (χ0n) is 12.4. The van der Waals surface area contributed by atoms with Gasteiger partial charge in [0, 0.05) is 12.6 Å². The van der Waals surface area contributed by atoms with Crippen LogP contribution >= 0.6 is 0 Å². The number of hydrogen-bond acceptors (Lipinski definition) is 3. The number of likely N-dealkylation sites (tertiary alicyclic amines) is 1. The Morgan fingerprint density at radius 2 is 1.95 bits per heavy atom. The van der Waals surface area contributed by atoms with Crippen LogP contribution < -0.4 is 0 Å². The normalized spacial score (nSPS) is 25.4. The fourth-order valence-corrected chi connectivity index (χ4v) is 2.65. The number of aliphatic carboxylic acids is 1. The lowest BCUT2D eigenvalue weighted by Gasteiger charge is -2.39. The first-order valence-corrected chi connectivity index (χ1v) is 7.19. The molecule has 1 aliphatic rings. The number of rotatable bonds is 3. The number of carbonyl (C=O) groups excluding carboxylic acids is 1. The standard InChI is InChI=1S/C16H21NO4/c1-11-8-14(15(18)19)9-17(12(11)2)16(20)21-10-13-6-4-3-5-7-13/h3-7,11-12,14H,8-10H2,1-2H3,(H,18,19). The molecule has 2 rings (SSSR count). The van der Waals surface area contributed by atoms with Gasteiger partial charge in [0.25, 0.3) is 0 Å². The molecule has 0 spiro atoms. The van der Waals surface area contributed by atoms with E-state index >= 15 is 0 Å². The molecule has 1 amide bonds. The van der Waals surface area contributed by atoms with Crippen LogP contribution in [-0.2, 0) is 16.1 Å². The highest BCUT2D eigenvalue weighted by Crippen LogP contribution is 2.28. The van der Waals surface area contributed by atoms with Gasteiger partial charge in [0.1, 0.15) is 6.61 Å². The van der Waals surface area contributed by atoms with Crippen molar-refractivity contribution in [2.45, 2.75) is 32.9 Å². The summed E-state index contributed by atoms with van der Waals surface area (Å²) in [6.07, 6.45) is 0.156. The Hall–Kier alpha value is -2.04. The van der Waals surface area contributed by atoms with Crippen molar-refractivity contribution in [1.82, 2.24) is 4.90 Å². The van der Waals surface area contributed by atoms with E-state index in [2.05, 4.69) is 0 Å². The largest absolute Gasteiger partial charge is 0.481 e. The van der Waals surface area contributed by atoms with E-state index < -0.39 is 18.0 Å². The Morgan fingerprint density at radius 3 is 2.57 bits per heavy atom. The van der Waals surface area contributed by atoms with Gasteiger partial charge in [0.05, 0.1) is 5.92 Å². The van der Waals surface area contributed by atoms with Crippen LogP contribution in [0.3, 0.4) is 0 Å². The molecule has 1 fully saturated rings. The third-order valence-corrected chi connectivity index (χ3v) is 4.18. The van der Waals surface area contributed by atoms with Gasteiger partial charge in [-0.25, -0.2) is 4.79 Å². The van der Waals surface area contributed by atoms with Crippen LogP contribution in [0.1, 0.15) is 25.8 Å². The maximum Gasteiger partial charge on any atom is 0.410 e. The predicted molar refractivity (Wildman–Crippen MR) is 77.7 cm³/mol. The van der Waals surface area contributed by atoms with E-state index in [-0.39, 0.29) is 25.1 Å². The molecule has 114 valence electrons. The molecule has 1 N–H and O–H groups in total. The van der Waals surface area contributed by atoms with Gasteiger partial charge in [-0.3, -0.25) is 4.79 Å². The number of hydrogen-bond donors (Lipinski definition) is 1. The van der Waals surface area contributed by atoms with E-state index in [1.165, 1.54) is 4.90 Å². The molecule has 1 aromatic rings. The topological polar surface area (TPSA) is 66.8 Å². The predicted octanol–water partition coefficient (Wildman–Crippen LogP) is 2.75. The van der Waals surface area contributed by atoms with Crippen molar-refractivity contribution in [2.24, 2.45) is 11.8 Å². The van der Waals surface area contributed by atoms with Crippen LogP contribution in [-0.4, -0.2) is 34.7 Å². The summed E-state index contributed by atoms with van der Waals surface area (Å²) in [5.41, 5.74) is 0.915. The maximum absolute atomic E-state index is 12.2. The summed E-state index contributed by atoms with van der Waals surface area (Å²) in [6.45, 7) is 4.33. The quantitative estimate of drug-likeness (QED) is 0.930. The third kappa shape index (κ3) is 3.74. The summed E-state index contributed by atoms with van der Waals surface area (Å²) in [5.74, 6) is -1.22. The number of benzene rings is 1. The summed E-state index contributed by atoms with van der Waals surface area (Å²) in [5, 5.41) is 9.17. The molecule has 1 aromatic carbocycles. The Bertz CT molecular complexity index is 502. The Kier molecular flexibility index (Phi) is 4.83. The third-order valence-electron chi connectivity index (χ3n) is 4.18. The molecular formula is C16H21NO4. The second kappa shape index (κ2) is 6.61. The Labute approximate surface area is 124 Å². The van der Waals surface area contributed by atoms with Gasteiger partial charge in [-0.05, 0) is 24.8 Å². The molecule has 0 radical (unpaired) electrons. The second-order valence-electron chi connectivity index (χ2n) is 5.68. The molecule has 0 saturated carbocycles. The lowest BCUT2D eigenvalue weighted by atomic mass is 9.85. The highest BCUT2D eigenvalue weighted by atomic mass is 16.6. The molecule has 5 heteroatoms. The van der Waals surface area contributed by atoms with Gasteiger partial charge >= 0.3 is 12.1 Å². The fourth-order valence-electron chi connectivity index (χ4n) is 2.65. The minimum Gasteiger partial charge on any atom is -0.481 e. The monoisotopic (exact) mass is 291 g/mol. The van der Waals surface area contributed by atoms with Crippen molar-refractivity contribution in [2.75, 3.05) is 6.54 Å². The lowest BCUT2D eigenvalue weighted by molar-refractivity contribution is -0.144. The number of piperidine rings is 1. The molecule has 21 heavy (non-hydrogen) atoms. The molecule has 1 aliphatic heterocycles. The van der Waals surface area contributed by atoms with E-state index in [0.29, 0.717) is 6.42 Å². The summed E-state index contributed by atoms with van der Waals surface area (Å²) < 4.78 is 5.31. The van der Waals surface area contributed by atoms with E-state index in [1.54, 1.807) is 0 Å². The molecule has 5 nitrogen and oxygen atoms in total. The van der Waals surface area contributed by atoms with Gasteiger partial charge in [0.15, 0.2) is 0 Å². The van der Waals surface area contributed by atoms with Crippen molar-refractivity contribution in [1.29, 1.82) is 0 Å². The van der Waals surface area contributed by atoms with E-state index in [4.69, 9.17) is 4.74 Å². The molecule has 0 bridgehead atoms. The minimum absolute atomic E-state index is 0.0103. The van der Waals surface area contributed by atoms with Crippen molar-refractivity contribution < 1.29 is 19.4 Å². The number of nitrogens with zero attached hydrogens (tertiary/aromatic N) is 1. The first-order valence-electron chi connectivity index (χ1n) is 7.19. The van der Waals surface area contributed by atoms with Gasteiger partial charge in [-0.2, -0.15) is 0 Å². The van der Waals surface area contributed by atoms with E-state index in [0.717, 1.165) is 5.56 Å². The Balaban J connectivity index is 1.97. The van der Waals surface area contributed by atoms with Crippen LogP contribution in [0.5, 0.6) is 0 Å². The van der Waals surface area contributed by atoms with Crippen LogP contribution in [0.4, 0.5) is 4.79 Å². The van der Waals surface area contributed by atoms with Crippen LogP contribution in [0.25, 0.3) is 0 Å². The first-order chi connectivity index (χ1) is 9.99. The van der Waals surface area contributed by atoms with Gasteiger partial charge < -0.3 is 14.7 Å². The van der Waals surface area contributed by atoms with Crippen LogP contribution in [0, 0.1) is 11.8 Å². The summed E-state index contributed by atoms with van der Waals surface area (Å²) >= 11 is 0. The van der Waals surface area contributed by atoms with Crippen LogP contribution in [0.2, 0.25) is 0 Å². The van der Waals surface area contributed by atoms with Gasteiger partial charge in [-0.1, -0.05) is 37.3 Å². The first kappa shape index (κ1) is 15.4. The number of carboxylic acids is 1. The highest BCUT2D eigenvalue weighted by molar-refractivity contribution is 5.73. The SMILES string of the molecule is CC1CC(C(=O)O)CN(C(=O)OCc2ccccc2)C1C. The summed E-state index contributed by atoms with van der Waals surface area (Å²) in [7, 11) is 0. The molecule has 0 aliphatic carbocycles. The zero-order chi connectivity index (χ0) is 15.4. The van der Waals surface area contributed by atoms with Crippen molar-refractivity contribution in [3.8, 4) is 0 Å². The van der Waals surface area contributed by atoms with Crippen molar-refractivity contribution in [3.05, 3.63) is 35.9 Å². The number of carbonyl (C=O) groups is 2. The number of amides is 1. The molecule has 3 atom stereocenters. The maximum atomic E-state index is 12.2. The summed E-state index contributed by atoms with van der Waals surface area (Å²) in [6, 6.07) is 9.43. The van der Waals surface area contributed by atoms with E-state index in [1.807, 2.05) is 44.2 Å². The Morgan fingerprint density at radius 1 is 1.29 bits per heavy atom. The molecule has 1 heterocycles. The number of ether oxygens (including phenoxy) is 1. The van der Waals surface area contributed by atoms with Gasteiger partial charge in [-0.15, -0.1) is 0 Å². The number of carboxylic acid groups (broad SMARTS) is 1. The fraction of sp³-hybridized carbons (Fsp3) is 0.500. The minimum atomic E-state index is -0.852. The highest BCUT2D eigenvalue weighted by Gasteiger charge is 2.37. The molecular weight excluding hydrogens is 270 g/mol. The molecule has 1 saturated heterocycles. The zero-order valence-corrected chi connectivity index (χ0v) is 12.4. The van der Waals surface area contributed by atoms with Crippen molar-refractivity contribution >= 4 is 12.1 Å².